The Hall–Kier alpha value is -0.505. The highest BCUT2D eigenvalue weighted by molar-refractivity contribution is 6.22. The molecule has 0 bridgehead atoms. The Morgan fingerprint density at radius 2 is 1.83 bits per heavy atom. The van der Waals surface area contributed by atoms with Gasteiger partial charge in [-0.25, -0.2) is 0 Å². The third-order valence-corrected chi connectivity index (χ3v) is 1.10. The lowest BCUT2D eigenvalue weighted by Gasteiger charge is -2.16. The summed E-state index contributed by atoms with van der Waals surface area (Å²) < 4.78 is 9.67. The van der Waals surface area contributed by atoms with Crippen LogP contribution in [0.1, 0.15) is 34.6 Å². The summed E-state index contributed by atoms with van der Waals surface area (Å²) >= 11 is 0. The summed E-state index contributed by atoms with van der Waals surface area (Å²) in [6.45, 7) is 9.10. The van der Waals surface area contributed by atoms with Gasteiger partial charge < -0.3 is 9.31 Å². The van der Waals surface area contributed by atoms with E-state index in [9.17, 15) is 4.79 Å². The molecular formula is C8H16BO3. The smallest absolute Gasteiger partial charge is 0.510 e. The minimum absolute atomic E-state index is 0.0396. The topological polar surface area (TPSA) is 35.5 Å². The molecule has 69 valence electrons. The van der Waals surface area contributed by atoms with E-state index in [1.807, 2.05) is 13.8 Å². The van der Waals surface area contributed by atoms with Gasteiger partial charge in [-0.3, -0.25) is 4.79 Å². The van der Waals surface area contributed by atoms with E-state index >= 15 is 0 Å². The second-order valence-electron chi connectivity index (χ2n) is 3.94. The van der Waals surface area contributed by atoms with Crippen LogP contribution in [-0.4, -0.2) is 19.8 Å². The standard InChI is InChI=1S/C8H16BO3/c1-6(2)11-9-12-7(10)8(3,4)5/h6H,1-5H3. The molecule has 0 aliphatic carbocycles. The van der Waals surface area contributed by atoms with Crippen LogP contribution < -0.4 is 0 Å². The first-order valence-corrected chi connectivity index (χ1v) is 4.02. The molecule has 0 spiro atoms. The minimum atomic E-state index is -0.475. The van der Waals surface area contributed by atoms with Crippen molar-refractivity contribution in [3.8, 4) is 0 Å². The number of hydrogen-bond donors (Lipinski definition) is 0. The molecule has 0 amide bonds. The molecule has 0 saturated carbocycles. The number of hydrogen-bond acceptors (Lipinski definition) is 3. The van der Waals surface area contributed by atoms with Gasteiger partial charge in [0.1, 0.15) is 0 Å². The van der Waals surface area contributed by atoms with Gasteiger partial charge in [0, 0.05) is 6.10 Å². The normalized spacial score (nSPS) is 11.5. The van der Waals surface area contributed by atoms with Crippen LogP contribution in [0.3, 0.4) is 0 Å². The maximum absolute atomic E-state index is 11.1. The molecule has 1 radical (unpaired) electrons. The van der Waals surface area contributed by atoms with Gasteiger partial charge in [0.2, 0.25) is 0 Å². The van der Waals surface area contributed by atoms with Crippen molar-refractivity contribution in [3.63, 3.8) is 0 Å². The van der Waals surface area contributed by atoms with Gasteiger partial charge in [-0.05, 0) is 34.6 Å². The van der Waals surface area contributed by atoms with Crippen LogP contribution in [0.25, 0.3) is 0 Å². The molecule has 0 aromatic rings. The van der Waals surface area contributed by atoms with E-state index in [1.165, 1.54) is 0 Å². The lowest BCUT2D eigenvalue weighted by molar-refractivity contribution is -0.144. The van der Waals surface area contributed by atoms with Crippen molar-refractivity contribution in [2.24, 2.45) is 5.41 Å². The van der Waals surface area contributed by atoms with Crippen molar-refractivity contribution >= 4 is 13.7 Å². The largest absolute Gasteiger partial charge is 0.574 e. The van der Waals surface area contributed by atoms with Gasteiger partial charge in [-0.1, -0.05) is 0 Å². The molecule has 0 fully saturated rings. The van der Waals surface area contributed by atoms with E-state index in [2.05, 4.69) is 0 Å². The van der Waals surface area contributed by atoms with Crippen LogP contribution in [0, 0.1) is 5.41 Å². The molecule has 0 aliphatic rings. The van der Waals surface area contributed by atoms with Crippen LogP contribution in [0.2, 0.25) is 0 Å². The van der Waals surface area contributed by atoms with Crippen LogP contribution in [0.5, 0.6) is 0 Å². The highest BCUT2D eigenvalue weighted by Gasteiger charge is 2.23. The Labute approximate surface area is 74.7 Å². The Bertz CT molecular complexity index is 149. The fourth-order valence-corrected chi connectivity index (χ4v) is 0.359. The van der Waals surface area contributed by atoms with Gasteiger partial charge in [-0.2, -0.15) is 0 Å². The first kappa shape index (κ1) is 11.5. The van der Waals surface area contributed by atoms with Crippen molar-refractivity contribution in [3.05, 3.63) is 0 Å². The van der Waals surface area contributed by atoms with Gasteiger partial charge in [0.25, 0.3) is 5.97 Å². The van der Waals surface area contributed by atoms with E-state index in [0.717, 1.165) is 7.69 Å². The molecule has 0 heterocycles. The second-order valence-corrected chi connectivity index (χ2v) is 3.94. The first-order valence-electron chi connectivity index (χ1n) is 4.02. The molecule has 0 N–H and O–H groups in total. The van der Waals surface area contributed by atoms with Crippen LogP contribution >= 0.6 is 0 Å². The number of rotatable bonds is 3. The fourth-order valence-electron chi connectivity index (χ4n) is 0.359. The molecule has 0 atom stereocenters. The third kappa shape index (κ3) is 5.19. The minimum Gasteiger partial charge on any atom is -0.510 e. The van der Waals surface area contributed by atoms with E-state index < -0.39 is 5.41 Å². The maximum Gasteiger partial charge on any atom is 0.574 e. The lowest BCUT2D eigenvalue weighted by atomic mass is 9.97. The summed E-state index contributed by atoms with van der Waals surface area (Å²) in [4.78, 5) is 11.1. The Morgan fingerprint density at radius 3 is 2.17 bits per heavy atom. The lowest BCUT2D eigenvalue weighted by Crippen LogP contribution is -2.26. The third-order valence-electron chi connectivity index (χ3n) is 1.10. The molecule has 0 aromatic carbocycles. The molecular weight excluding hydrogens is 155 g/mol. The summed E-state index contributed by atoms with van der Waals surface area (Å²) in [5.41, 5.74) is -0.475. The molecule has 0 unspecified atom stereocenters. The van der Waals surface area contributed by atoms with Gasteiger partial charge >= 0.3 is 7.69 Å². The van der Waals surface area contributed by atoms with E-state index in [-0.39, 0.29) is 12.1 Å². The van der Waals surface area contributed by atoms with Gasteiger partial charge in [0.15, 0.2) is 0 Å². The van der Waals surface area contributed by atoms with Crippen molar-refractivity contribution in [2.75, 3.05) is 0 Å². The van der Waals surface area contributed by atoms with Crippen LogP contribution in [0.4, 0.5) is 0 Å². The Balaban J connectivity index is 3.59. The summed E-state index contributed by atoms with van der Waals surface area (Å²) in [5.74, 6) is -0.289. The summed E-state index contributed by atoms with van der Waals surface area (Å²) in [6.07, 6.45) is 0.0396. The van der Waals surface area contributed by atoms with E-state index in [0.29, 0.717) is 0 Å². The number of carbonyl (C=O) groups is 1. The van der Waals surface area contributed by atoms with Crippen molar-refractivity contribution in [1.29, 1.82) is 0 Å². The predicted octanol–water partition coefficient (Wildman–Crippen LogP) is 1.53. The molecule has 0 rings (SSSR count). The molecule has 0 saturated heterocycles. The highest BCUT2D eigenvalue weighted by Crippen LogP contribution is 2.14. The molecule has 3 nitrogen and oxygen atoms in total. The van der Waals surface area contributed by atoms with Crippen molar-refractivity contribution in [2.45, 2.75) is 40.7 Å². The summed E-state index contributed by atoms with van der Waals surface area (Å²) in [5, 5.41) is 0. The number of carbonyl (C=O) groups excluding carboxylic acids is 1. The van der Waals surface area contributed by atoms with Crippen molar-refractivity contribution in [1.82, 2.24) is 0 Å². The van der Waals surface area contributed by atoms with E-state index in [4.69, 9.17) is 9.31 Å². The summed E-state index contributed by atoms with van der Waals surface area (Å²) in [7, 11) is 1.10. The quantitative estimate of drug-likeness (QED) is 0.604. The monoisotopic (exact) mass is 171 g/mol. The zero-order valence-electron chi connectivity index (χ0n) is 8.38. The Morgan fingerprint density at radius 1 is 1.33 bits per heavy atom. The van der Waals surface area contributed by atoms with E-state index in [1.54, 1.807) is 20.8 Å². The summed E-state index contributed by atoms with van der Waals surface area (Å²) in [6, 6.07) is 0. The zero-order valence-corrected chi connectivity index (χ0v) is 8.38. The van der Waals surface area contributed by atoms with Crippen molar-refractivity contribution < 1.29 is 14.1 Å². The molecule has 12 heavy (non-hydrogen) atoms. The predicted molar refractivity (Wildman–Crippen MR) is 47.5 cm³/mol. The van der Waals surface area contributed by atoms with Gasteiger partial charge in [-0.15, -0.1) is 0 Å². The molecule has 0 aromatic heterocycles. The average molecular weight is 171 g/mol. The zero-order chi connectivity index (χ0) is 9.78. The first-order chi connectivity index (χ1) is 5.34. The average Bonchev–Trinajstić information content (AvgIpc) is 1.84. The van der Waals surface area contributed by atoms with Gasteiger partial charge in [0.05, 0.1) is 5.41 Å². The molecule has 4 heteroatoms. The van der Waals surface area contributed by atoms with Crippen LogP contribution in [0.15, 0.2) is 0 Å². The SMILES string of the molecule is CC(C)O[B]OC(=O)C(C)(C)C. The Kier molecular flexibility index (Phi) is 4.31. The fraction of sp³-hybridized carbons (Fsp3) is 0.875. The van der Waals surface area contributed by atoms with Crippen LogP contribution in [-0.2, 0) is 14.1 Å². The molecule has 0 aliphatic heterocycles. The highest BCUT2D eigenvalue weighted by atomic mass is 16.6. The second kappa shape index (κ2) is 4.50. The maximum atomic E-state index is 11.1.